The molecule has 2 heterocycles. The first-order chi connectivity index (χ1) is 19.1. The van der Waals surface area contributed by atoms with E-state index in [1.807, 2.05) is 0 Å². The number of piperidine rings is 1. The molecular weight excluding hydrogens is 581 g/mol. The van der Waals surface area contributed by atoms with Gasteiger partial charge in [-0.2, -0.15) is 0 Å². The second kappa shape index (κ2) is 11.2. The highest BCUT2D eigenvalue weighted by atomic mass is 35.5. The summed E-state index contributed by atoms with van der Waals surface area (Å²) in [4.78, 5) is 29.8. The second-order valence-corrected chi connectivity index (χ2v) is 11.5. The molecule has 210 valence electrons. The van der Waals surface area contributed by atoms with Crippen molar-refractivity contribution in [2.45, 2.75) is 50.2 Å². The average molecular weight is 608 g/mol. The number of carbonyl (C=O) groups is 2. The van der Waals surface area contributed by atoms with Gasteiger partial charge in [-0.05, 0) is 67.8 Å². The molecule has 0 radical (unpaired) electrons. The van der Waals surface area contributed by atoms with Gasteiger partial charge in [0.1, 0.15) is 11.2 Å². The van der Waals surface area contributed by atoms with Gasteiger partial charge in [0.25, 0.3) is 0 Å². The first-order valence-corrected chi connectivity index (χ1v) is 14.3. The highest BCUT2D eigenvalue weighted by Gasteiger charge is 2.64. The SMILES string of the molecule is CC(C)Oc1ccc(F)c(F)c1C1N(CCCCl)C(=O)CC(c2cccc(Cl)c2)C12C(=O)Nc1cc(Cl)ccc12. The van der Waals surface area contributed by atoms with E-state index in [0.717, 1.165) is 6.07 Å². The van der Waals surface area contributed by atoms with Gasteiger partial charge in [-0.15, -0.1) is 11.6 Å². The Hall–Kier alpha value is -2.87. The second-order valence-electron chi connectivity index (χ2n) is 10.3. The van der Waals surface area contributed by atoms with Crippen molar-refractivity contribution >= 4 is 52.3 Å². The first kappa shape index (κ1) is 28.7. The number of ether oxygens (including phenoxy) is 1. The summed E-state index contributed by atoms with van der Waals surface area (Å²) in [5, 5.41) is 3.72. The van der Waals surface area contributed by atoms with E-state index >= 15 is 8.78 Å². The maximum Gasteiger partial charge on any atom is 0.238 e. The van der Waals surface area contributed by atoms with Crippen LogP contribution in [0.1, 0.15) is 55.3 Å². The number of benzene rings is 3. The van der Waals surface area contributed by atoms with Crippen molar-refractivity contribution < 1.29 is 23.1 Å². The molecule has 5 rings (SSSR count). The van der Waals surface area contributed by atoms with Crippen molar-refractivity contribution in [3.05, 3.63) is 93.0 Å². The van der Waals surface area contributed by atoms with Gasteiger partial charge in [-0.25, -0.2) is 8.78 Å². The minimum atomic E-state index is -1.59. The number of amides is 2. The predicted octanol–water partition coefficient (Wildman–Crippen LogP) is 7.64. The van der Waals surface area contributed by atoms with Crippen LogP contribution in [0.3, 0.4) is 0 Å². The number of hydrogen-bond acceptors (Lipinski definition) is 3. The summed E-state index contributed by atoms with van der Waals surface area (Å²) >= 11 is 18.7. The Morgan fingerprint density at radius 1 is 1.07 bits per heavy atom. The molecule has 40 heavy (non-hydrogen) atoms. The molecule has 10 heteroatoms. The zero-order chi connectivity index (χ0) is 28.8. The van der Waals surface area contributed by atoms with Crippen LogP contribution in [0.15, 0.2) is 54.6 Å². The highest BCUT2D eigenvalue weighted by molar-refractivity contribution is 6.31. The Balaban J connectivity index is 1.90. The minimum absolute atomic E-state index is 0.0453. The van der Waals surface area contributed by atoms with Gasteiger partial charge in [0, 0.05) is 40.5 Å². The lowest BCUT2D eigenvalue weighted by molar-refractivity contribution is -0.145. The van der Waals surface area contributed by atoms with Crippen molar-refractivity contribution in [2.75, 3.05) is 17.7 Å². The largest absolute Gasteiger partial charge is 0.491 e. The predicted molar refractivity (Wildman–Crippen MR) is 152 cm³/mol. The molecule has 3 aromatic carbocycles. The maximum atomic E-state index is 16.1. The van der Waals surface area contributed by atoms with Crippen LogP contribution < -0.4 is 10.1 Å². The van der Waals surface area contributed by atoms with Gasteiger partial charge >= 0.3 is 0 Å². The van der Waals surface area contributed by atoms with E-state index in [-0.39, 0.29) is 36.1 Å². The third kappa shape index (κ3) is 4.72. The topological polar surface area (TPSA) is 58.6 Å². The smallest absolute Gasteiger partial charge is 0.238 e. The van der Waals surface area contributed by atoms with E-state index in [1.165, 1.54) is 11.0 Å². The van der Waals surface area contributed by atoms with Crippen LogP contribution in [0.5, 0.6) is 5.75 Å². The van der Waals surface area contributed by atoms with E-state index in [9.17, 15) is 9.59 Å². The summed E-state index contributed by atoms with van der Waals surface area (Å²) < 4.78 is 37.1. The van der Waals surface area contributed by atoms with Crippen LogP contribution in [0, 0.1) is 11.6 Å². The van der Waals surface area contributed by atoms with Crippen molar-refractivity contribution in [2.24, 2.45) is 0 Å². The molecular formula is C30H27Cl3F2N2O3. The summed E-state index contributed by atoms with van der Waals surface area (Å²) in [6.07, 6.45) is -0.109. The maximum absolute atomic E-state index is 16.1. The number of nitrogens with zero attached hydrogens (tertiary/aromatic N) is 1. The molecule has 1 saturated heterocycles. The van der Waals surface area contributed by atoms with E-state index in [1.54, 1.807) is 56.3 Å². The van der Waals surface area contributed by atoms with Crippen LogP contribution in [-0.2, 0) is 15.0 Å². The molecule has 0 aliphatic carbocycles. The number of likely N-dealkylation sites (tertiary alicyclic amines) is 1. The van der Waals surface area contributed by atoms with Crippen LogP contribution >= 0.6 is 34.8 Å². The molecule has 0 bridgehead atoms. The molecule has 5 nitrogen and oxygen atoms in total. The monoisotopic (exact) mass is 606 g/mol. The molecule has 1 spiro atoms. The lowest BCUT2D eigenvalue weighted by atomic mass is 9.58. The number of fused-ring (bicyclic) bond motifs is 2. The molecule has 0 saturated carbocycles. The average Bonchev–Trinajstić information content (AvgIpc) is 3.18. The molecule has 3 aromatic rings. The fourth-order valence-corrected chi connectivity index (χ4v) is 6.60. The van der Waals surface area contributed by atoms with Gasteiger partial charge < -0.3 is 15.0 Å². The Morgan fingerprint density at radius 2 is 1.82 bits per heavy atom. The Labute approximate surface area is 246 Å². The molecule has 1 fully saturated rings. The Bertz CT molecular complexity index is 1480. The summed E-state index contributed by atoms with van der Waals surface area (Å²) in [6.45, 7) is 3.63. The van der Waals surface area contributed by atoms with Gasteiger partial charge in [-0.3, -0.25) is 9.59 Å². The number of carbonyl (C=O) groups excluding carboxylic acids is 2. The number of anilines is 1. The van der Waals surface area contributed by atoms with Gasteiger partial charge in [-0.1, -0.05) is 41.4 Å². The molecule has 3 unspecified atom stereocenters. The number of alkyl halides is 1. The molecule has 1 N–H and O–H groups in total. The number of nitrogens with one attached hydrogen (secondary N) is 1. The molecule has 2 amide bonds. The minimum Gasteiger partial charge on any atom is -0.491 e. The van der Waals surface area contributed by atoms with Gasteiger partial charge in [0.15, 0.2) is 11.6 Å². The number of hydrogen-bond donors (Lipinski definition) is 1. The zero-order valence-corrected chi connectivity index (χ0v) is 24.1. The van der Waals surface area contributed by atoms with Crippen molar-refractivity contribution in [3.63, 3.8) is 0 Å². The first-order valence-electron chi connectivity index (χ1n) is 13.0. The van der Waals surface area contributed by atoms with E-state index in [0.29, 0.717) is 33.3 Å². The molecule has 3 atom stereocenters. The van der Waals surface area contributed by atoms with E-state index in [2.05, 4.69) is 5.32 Å². The third-order valence-electron chi connectivity index (χ3n) is 7.56. The van der Waals surface area contributed by atoms with Crippen LogP contribution in [0.2, 0.25) is 10.0 Å². The summed E-state index contributed by atoms with van der Waals surface area (Å²) in [7, 11) is 0. The summed E-state index contributed by atoms with van der Waals surface area (Å²) in [5.41, 5.74) is -0.233. The van der Waals surface area contributed by atoms with Gasteiger partial charge in [0.05, 0.1) is 17.7 Å². The van der Waals surface area contributed by atoms with Crippen LogP contribution in [0.25, 0.3) is 0 Å². The van der Waals surface area contributed by atoms with E-state index in [4.69, 9.17) is 39.5 Å². The number of halogens is 5. The van der Waals surface area contributed by atoms with Crippen molar-refractivity contribution in [3.8, 4) is 5.75 Å². The lowest BCUT2D eigenvalue weighted by Gasteiger charge is -2.51. The van der Waals surface area contributed by atoms with Crippen molar-refractivity contribution in [1.82, 2.24) is 4.90 Å². The molecule has 2 aliphatic heterocycles. The molecule has 2 aliphatic rings. The standard InChI is InChI=1S/C30H27Cl3F2N2O3/c1-16(2)40-24-10-9-22(34)27(35)26(24)28-30(20-8-7-19(33)14-23(20)36-29(30)39)21(17-5-3-6-18(32)13-17)15-25(38)37(28)12-4-11-31/h3,5-10,13-14,16,21,28H,4,11-12,15H2,1-2H3,(H,36,39). The Kier molecular flexibility index (Phi) is 8.01. The third-order valence-corrected chi connectivity index (χ3v) is 8.29. The van der Waals surface area contributed by atoms with E-state index < -0.39 is 41.0 Å². The highest BCUT2D eigenvalue weighted by Crippen LogP contribution is 2.61. The zero-order valence-electron chi connectivity index (χ0n) is 21.8. The van der Waals surface area contributed by atoms with Crippen LogP contribution in [0.4, 0.5) is 14.5 Å². The fourth-order valence-electron chi connectivity index (χ4n) is 6.11. The van der Waals surface area contributed by atoms with Gasteiger partial charge in [0.2, 0.25) is 11.8 Å². The normalized spacial score (nSPS) is 22.1. The Morgan fingerprint density at radius 3 is 2.52 bits per heavy atom. The molecule has 0 aromatic heterocycles. The van der Waals surface area contributed by atoms with Crippen LogP contribution in [-0.4, -0.2) is 35.2 Å². The van der Waals surface area contributed by atoms with Crippen molar-refractivity contribution in [1.29, 1.82) is 0 Å². The quantitative estimate of drug-likeness (QED) is 0.281. The summed E-state index contributed by atoms with van der Waals surface area (Å²) in [6, 6.07) is 12.9. The fraction of sp³-hybridized carbons (Fsp3) is 0.333. The summed E-state index contributed by atoms with van der Waals surface area (Å²) in [5.74, 6) is -3.63. The number of rotatable bonds is 7. The lowest BCUT2D eigenvalue weighted by Crippen LogP contribution is -2.58.